The van der Waals surface area contributed by atoms with Crippen molar-refractivity contribution < 1.29 is 19.0 Å². The maximum absolute atomic E-state index is 12.8. The molecule has 0 aromatic carbocycles. The van der Waals surface area contributed by atoms with Crippen LogP contribution < -0.4 is 0 Å². The van der Waals surface area contributed by atoms with Crippen LogP contribution in [0.4, 0.5) is 0 Å². The van der Waals surface area contributed by atoms with Crippen LogP contribution in [-0.2, 0) is 19.0 Å². The van der Waals surface area contributed by atoms with Gasteiger partial charge in [-0.05, 0) is 70.1 Å². The van der Waals surface area contributed by atoms with Crippen molar-refractivity contribution in [3.05, 3.63) is 0 Å². The van der Waals surface area contributed by atoms with E-state index in [0.717, 1.165) is 24.7 Å². The first-order chi connectivity index (χ1) is 13.5. The van der Waals surface area contributed by atoms with Gasteiger partial charge in [0.15, 0.2) is 6.29 Å². The SMILES string of the molecule is CCCC1CCC(OC(=O)C2(C)COC(C3CCC(CCC)CC3)OC2)CC1. The first kappa shape index (κ1) is 22.1. The highest BCUT2D eigenvalue weighted by molar-refractivity contribution is 5.77. The summed E-state index contributed by atoms with van der Waals surface area (Å²) in [5.74, 6) is 2.07. The van der Waals surface area contributed by atoms with Crippen LogP contribution in [0.15, 0.2) is 0 Å². The molecule has 162 valence electrons. The van der Waals surface area contributed by atoms with Crippen LogP contribution in [0.25, 0.3) is 0 Å². The lowest BCUT2D eigenvalue weighted by Gasteiger charge is -2.41. The van der Waals surface area contributed by atoms with Crippen LogP contribution in [-0.4, -0.2) is 31.6 Å². The van der Waals surface area contributed by atoms with Gasteiger partial charge in [0.05, 0.1) is 13.2 Å². The van der Waals surface area contributed by atoms with Crippen LogP contribution >= 0.6 is 0 Å². The highest BCUT2D eigenvalue weighted by atomic mass is 16.7. The number of hydrogen-bond acceptors (Lipinski definition) is 4. The lowest BCUT2D eigenvalue weighted by atomic mass is 9.79. The van der Waals surface area contributed by atoms with E-state index in [1.54, 1.807) is 0 Å². The highest BCUT2D eigenvalue weighted by Gasteiger charge is 2.44. The van der Waals surface area contributed by atoms with Crippen LogP contribution in [0, 0.1) is 23.2 Å². The zero-order chi connectivity index (χ0) is 20.0. The fourth-order valence-electron chi connectivity index (χ4n) is 5.41. The van der Waals surface area contributed by atoms with Crippen LogP contribution in [0.3, 0.4) is 0 Å². The number of esters is 1. The van der Waals surface area contributed by atoms with Crippen molar-refractivity contribution in [1.29, 1.82) is 0 Å². The normalized spacial score (nSPS) is 39.5. The summed E-state index contributed by atoms with van der Waals surface area (Å²) in [6.45, 7) is 7.32. The molecule has 2 saturated carbocycles. The third-order valence-corrected chi connectivity index (χ3v) is 7.36. The predicted octanol–water partition coefficient (Wildman–Crippen LogP) is 5.87. The Morgan fingerprint density at radius 3 is 1.86 bits per heavy atom. The molecule has 0 amide bonds. The van der Waals surface area contributed by atoms with E-state index in [2.05, 4.69) is 13.8 Å². The second kappa shape index (κ2) is 10.4. The number of hydrogen-bond donors (Lipinski definition) is 0. The summed E-state index contributed by atoms with van der Waals surface area (Å²) in [6.07, 6.45) is 14.5. The Hall–Kier alpha value is -0.610. The second-order valence-electron chi connectivity index (χ2n) is 9.96. The van der Waals surface area contributed by atoms with E-state index in [1.165, 1.54) is 64.2 Å². The molecule has 0 bridgehead atoms. The van der Waals surface area contributed by atoms with E-state index in [1.807, 2.05) is 6.92 Å². The lowest BCUT2D eigenvalue weighted by Crippen LogP contribution is -2.49. The molecule has 1 heterocycles. The molecule has 4 nitrogen and oxygen atoms in total. The Morgan fingerprint density at radius 2 is 1.36 bits per heavy atom. The summed E-state index contributed by atoms with van der Waals surface area (Å²) >= 11 is 0. The largest absolute Gasteiger partial charge is 0.462 e. The zero-order valence-electron chi connectivity index (χ0n) is 18.4. The summed E-state index contributed by atoms with van der Waals surface area (Å²) in [5.41, 5.74) is -0.657. The predicted molar refractivity (Wildman–Crippen MR) is 111 cm³/mol. The van der Waals surface area contributed by atoms with Gasteiger partial charge in [-0.1, -0.05) is 39.5 Å². The van der Waals surface area contributed by atoms with Gasteiger partial charge in [-0.2, -0.15) is 0 Å². The quantitative estimate of drug-likeness (QED) is 0.506. The van der Waals surface area contributed by atoms with Crippen molar-refractivity contribution in [1.82, 2.24) is 0 Å². The van der Waals surface area contributed by atoms with Gasteiger partial charge in [0.2, 0.25) is 0 Å². The molecule has 1 saturated heterocycles. The first-order valence-corrected chi connectivity index (χ1v) is 12.0. The highest BCUT2D eigenvalue weighted by Crippen LogP contribution is 2.38. The van der Waals surface area contributed by atoms with E-state index in [-0.39, 0.29) is 18.4 Å². The number of ether oxygens (including phenoxy) is 3. The van der Waals surface area contributed by atoms with E-state index in [0.29, 0.717) is 19.1 Å². The topological polar surface area (TPSA) is 44.8 Å². The first-order valence-electron chi connectivity index (χ1n) is 12.0. The summed E-state index contributed by atoms with van der Waals surface area (Å²) in [4.78, 5) is 12.8. The molecule has 0 aromatic heterocycles. The Kier molecular flexibility index (Phi) is 8.22. The molecule has 0 atom stereocenters. The molecule has 3 aliphatic rings. The maximum atomic E-state index is 12.8. The fourth-order valence-corrected chi connectivity index (χ4v) is 5.41. The van der Waals surface area contributed by atoms with Gasteiger partial charge in [-0.25, -0.2) is 0 Å². The minimum absolute atomic E-state index is 0.0870. The summed E-state index contributed by atoms with van der Waals surface area (Å²) in [7, 11) is 0. The Bertz CT molecular complexity index is 467. The van der Waals surface area contributed by atoms with Crippen LogP contribution in [0.5, 0.6) is 0 Å². The van der Waals surface area contributed by atoms with Crippen molar-refractivity contribution in [3.8, 4) is 0 Å². The molecule has 3 fully saturated rings. The third kappa shape index (κ3) is 5.72. The second-order valence-corrected chi connectivity index (χ2v) is 9.96. The van der Waals surface area contributed by atoms with E-state index < -0.39 is 5.41 Å². The van der Waals surface area contributed by atoms with Gasteiger partial charge in [-0.3, -0.25) is 4.79 Å². The van der Waals surface area contributed by atoms with Crippen molar-refractivity contribution in [3.63, 3.8) is 0 Å². The Labute approximate surface area is 172 Å². The van der Waals surface area contributed by atoms with Gasteiger partial charge in [0, 0.05) is 5.92 Å². The molecule has 3 rings (SSSR count). The molecule has 1 aliphatic heterocycles. The Balaban J connectivity index is 1.40. The smallest absolute Gasteiger partial charge is 0.316 e. The zero-order valence-corrected chi connectivity index (χ0v) is 18.4. The molecular weight excluding hydrogens is 352 g/mol. The fraction of sp³-hybridized carbons (Fsp3) is 0.958. The number of carbonyl (C=O) groups is 1. The minimum atomic E-state index is -0.657. The van der Waals surface area contributed by atoms with Crippen LogP contribution in [0.1, 0.15) is 97.8 Å². The molecule has 0 radical (unpaired) electrons. The molecule has 28 heavy (non-hydrogen) atoms. The van der Waals surface area contributed by atoms with Crippen molar-refractivity contribution in [2.24, 2.45) is 23.2 Å². The average molecular weight is 395 g/mol. The van der Waals surface area contributed by atoms with E-state index in [9.17, 15) is 4.79 Å². The van der Waals surface area contributed by atoms with Gasteiger partial charge in [0.1, 0.15) is 11.5 Å². The average Bonchev–Trinajstić information content (AvgIpc) is 2.71. The summed E-state index contributed by atoms with van der Waals surface area (Å²) in [5, 5.41) is 0. The molecule has 2 aliphatic carbocycles. The van der Waals surface area contributed by atoms with Gasteiger partial charge in [0.25, 0.3) is 0 Å². The maximum Gasteiger partial charge on any atom is 0.316 e. The molecule has 0 unspecified atom stereocenters. The molecule has 0 aromatic rings. The molecule has 0 N–H and O–H groups in total. The number of carbonyl (C=O) groups excluding carboxylic acids is 1. The molecule has 0 spiro atoms. The van der Waals surface area contributed by atoms with Gasteiger partial charge < -0.3 is 14.2 Å². The number of rotatable bonds is 7. The van der Waals surface area contributed by atoms with Gasteiger partial charge >= 0.3 is 5.97 Å². The minimum Gasteiger partial charge on any atom is -0.462 e. The van der Waals surface area contributed by atoms with E-state index >= 15 is 0 Å². The summed E-state index contributed by atoms with van der Waals surface area (Å²) in [6, 6.07) is 0. The van der Waals surface area contributed by atoms with Crippen LogP contribution in [0.2, 0.25) is 0 Å². The van der Waals surface area contributed by atoms with Crippen molar-refractivity contribution in [2.45, 2.75) is 110 Å². The summed E-state index contributed by atoms with van der Waals surface area (Å²) < 4.78 is 18.0. The monoisotopic (exact) mass is 394 g/mol. The Morgan fingerprint density at radius 1 is 0.857 bits per heavy atom. The standard InChI is InChI=1S/C24H42O4/c1-4-6-18-8-12-20(13-9-18)22-26-16-24(3,17-27-22)23(25)28-21-14-10-19(7-5-2)11-15-21/h18-22H,4-17H2,1-3H3. The third-order valence-electron chi connectivity index (χ3n) is 7.36. The molecular formula is C24H42O4. The lowest BCUT2D eigenvalue weighted by molar-refractivity contribution is -0.254. The van der Waals surface area contributed by atoms with Crippen molar-refractivity contribution in [2.75, 3.05) is 13.2 Å². The van der Waals surface area contributed by atoms with Crippen molar-refractivity contribution >= 4 is 5.97 Å². The molecule has 4 heteroatoms. The van der Waals surface area contributed by atoms with Gasteiger partial charge in [-0.15, -0.1) is 0 Å². The van der Waals surface area contributed by atoms with E-state index in [4.69, 9.17) is 14.2 Å².